The standard InChI is InChI=1S/C32H32N2O7S/c1-4-40-30-24-11-7-8-12-25(24)31(41-5-2)29-26(30)19-34(32(29)36)23-16-14-21(15-17-23)20-42(37,38)33-28(35)18-22-10-6-9-13-27(22)39-3/h6-17H,4-5,18-20H2,1-3H3,(H,33,35). The van der Waals surface area contributed by atoms with Gasteiger partial charge in [-0.2, -0.15) is 0 Å². The lowest BCUT2D eigenvalue weighted by molar-refractivity contribution is -0.118. The van der Waals surface area contributed by atoms with E-state index in [1.165, 1.54) is 7.11 Å². The highest BCUT2D eigenvalue weighted by Crippen LogP contribution is 2.46. The Morgan fingerprint density at radius 1 is 0.881 bits per heavy atom. The maximum absolute atomic E-state index is 13.8. The molecule has 0 aliphatic carbocycles. The molecule has 1 N–H and O–H groups in total. The van der Waals surface area contributed by atoms with Gasteiger partial charge in [-0.05, 0) is 37.6 Å². The van der Waals surface area contributed by atoms with Crippen molar-refractivity contribution in [3.05, 3.63) is 95.1 Å². The molecule has 10 heteroatoms. The zero-order valence-electron chi connectivity index (χ0n) is 23.7. The van der Waals surface area contributed by atoms with Crippen molar-refractivity contribution in [2.45, 2.75) is 32.6 Å². The van der Waals surface area contributed by atoms with Crippen molar-refractivity contribution in [1.82, 2.24) is 4.72 Å². The Labute approximate surface area is 245 Å². The van der Waals surface area contributed by atoms with Crippen LogP contribution in [-0.2, 0) is 33.5 Å². The fourth-order valence-corrected chi connectivity index (χ4v) is 6.36. The minimum Gasteiger partial charge on any atom is -0.496 e. The highest BCUT2D eigenvalue weighted by molar-refractivity contribution is 7.89. The summed E-state index contributed by atoms with van der Waals surface area (Å²) in [5.41, 5.74) is 2.89. The highest BCUT2D eigenvalue weighted by atomic mass is 32.2. The molecule has 1 heterocycles. The third kappa shape index (κ3) is 5.75. The van der Waals surface area contributed by atoms with E-state index in [2.05, 4.69) is 4.72 Å². The van der Waals surface area contributed by atoms with Crippen molar-refractivity contribution < 1.29 is 32.2 Å². The van der Waals surface area contributed by atoms with Gasteiger partial charge in [0.15, 0.2) is 0 Å². The van der Waals surface area contributed by atoms with Crippen molar-refractivity contribution in [2.75, 3.05) is 25.2 Å². The van der Waals surface area contributed by atoms with E-state index in [9.17, 15) is 18.0 Å². The molecule has 4 aromatic carbocycles. The number of carbonyl (C=O) groups is 2. The Kier molecular flexibility index (Phi) is 8.35. The van der Waals surface area contributed by atoms with Crippen LogP contribution in [0, 0.1) is 0 Å². The number of methoxy groups -OCH3 is 1. The largest absolute Gasteiger partial charge is 0.496 e. The molecule has 0 aromatic heterocycles. The van der Waals surface area contributed by atoms with E-state index in [-0.39, 0.29) is 18.9 Å². The molecule has 4 aromatic rings. The van der Waals surface area contributed by atoms with Gasteiger partial charge in [-0.3, -0.25) is 14.3 Å². The number of para-hydroxylation sites is 1. The summed E-state index contributed by atoms with van der Waals surface area (Å²) >= 11 is 0. The number of benzene rings is 4. The van der Waals surface area contributed by atoms with Gasteiger partial charge in [0.2, 0.25) is 15.9 Å². The Morgan fingerprint density at radius 2 is 1.50 bits per heavy atom. The molecule has 9 nitrogen and oxygen atoms in total. The van der Waals surface area contributed by atoms with E-state index in [1.807, 2.05) is 38.1 Å². The van der Waals surface area contributed by atoms with Gasteiger partial charge in [0.05, 0.1) is 44.6 Å². The predicted octanol–water partition coefficient (Wildman–Crippen LogP) is 4.99. The molecule has 0 bridgehead atoms. The van der Waals surface area contributed by atoms with Crippen LogP contribution in [0.4, 0.5) is 5.69 Å². The van der Waals surface area contributed by atoms with E-state index in [0.29, 0.717) is 52.8 Å². The van der Waals surface area contributed by atoms with E-state index >= 15 is 0 Å². The molecule has 218 valence electrons. The monoisotopic (exact) mass is 588 g/mol. The second-order valence-corrected chi connectivity index (χ2v) is 11.5. The van der Waals surface area contributed by atoms with E-state index in [4.69, 9.17) is 14.2 Å². The second kappa shape index (κ2) is 12.1. The quantitative estimate of drug-likeness (QED) is 0.263. The summed E-state index contributed by atoms with van der Waals surface area (Å²) in [5.74, 6) is 0.435. The number of nitrogens with one attached hydrogen (secondary N) is 1. The zero-order valence-corrected chi connectivity index (χ0v) is 24.5. The lowest BCUT2D eigenvalue weighted by Gasteiger charge is -2.16. The molecule has 42 heavy (non-hydrogen) atoms. The molecule has 0 atom stereocenters. The molecular weight excluding hydrogens is 556 g/mol. The first kappa shape index (κ1) is 28.9. The molecule has 0 radical (unpaired) electrons. The number of carbonyl (C=O) groups excluding carboxylic acids is 2. The molecule has 1 aliphatic rings. The topological polar surface area (TPSA) is 111 Å². The van der Waals surface area contributed by atoms with Gasteiger partial charge in [-0.15, -0.1) is 0 Å². The van der Waals surface area contributed by atoms with Crippen molar-refractivity contribution in [2.24, 2.45) is 0 Å². The van der Waals surface area contributed by atoms with Crippen molar-refractivity contribution in [3.8, 4) is 17.2 Å². The Balaban J connectivity index is 1.35. The fourth-order valence-electron chi connectivity index (χ4n) is 5.24. The molecule has 2 amide bonds. The predicted molar refractivity (Wildman–Crippen MR) is 161 cm³/mol. The molecule has 1 aliphatic heterocycles. The van der Waals surface area contributed by atoms with Crippen LogP contribution >= 0.6 is 0 Å². The van der Waals surface area contributed by atoms with Gasteiger partial charge in [0.25, 0.3) is 5.91 Å². The van der Waals surface area contributed by atoms with Gasteiger partial charge in [-0.25, -0.2) is 8.42 Å². The van der Waals surface area contributed by atoms with Crippen LogP contribution in [0.25, 0.3) is 10.8 Å². The van der Waals surface area contributed by atoms with Gasteiger partial charge >= 0.3 is 0 Å². The first-order valence-electron chi connectivity index (χ1n) is 13.7. The molecule has 5 rings (SSSR count). The maximum atomic E-state index is 13.8. The lowest BCUT2D eigenvalue weighted by atomic mass is 9.99. The number of fused-ring (bicyclic) bond motifs is 2. The van der Waals surface area contributed by atoms with Crippen LogP contribution in [0.5, 0.6) is 17.2 Å². The van der Waals surface area contributed by atoms with Crippen LogP contribution < -0.4 is 23.8 Å². The van der Waals surface area contributed by atoms with Crippen LogP contribution in [0.15, 0.2) is 72.8 Å². The third-order valence-electron chi connectivity index (χ3n) is 6.99. The number of rotatable bonds is 11. The van der Waals surface area contributed by atoms with Gasteiger partial charge < -0.3 is 19.1 Å². The maximum Gasteiger partial charge on any atom is 0.262 e. The minimum absolute atomic E-state index is 0.137. The summed E-state index contributed by atoms with van der Waals surface area (Å²) in [6.07, 6.45) is -0.137. The molecule has 0 unspecified atom stereocenters. The number of anilines is 1. The number of sulfonamides is 1. The first-order chi connectivity index (χ1) is 20.3. The third-order valence-corrected chi connectivity index (χ3v) is 8.24. The van der Waals surface area contributed by atoms with Gasteiger partial charge in [-0.1, -0.05) is 54.6 Å². The SMILES string of the molecule is CCOc1c2c(c(OCC)c3ccccc13)C(=O)N(c1ccc(CS(=O)(=O)NC(=O)Cc3ccccc3OC)cc1)C2. The van der Waals surface area contributed by atoms with Crippen molar-refractivity contribution in [1.29, 1.82) is 0 Å². The average molecular weight is 589 g/mol. The van der Waals surface area contributed by atoms with E-state index < -0.39 is 21.7 Å². The normalized spacial score (nSPS) is 12.7. The fraction of sp³-hybridized carbons (Fsp3) is 0.250. The van der Waals surface area contributed by atoms with Crippen LogP contribution in [0.3, 0.4) is 0 Å². The molecule has 0 fully saturated rings. The van der Waals surface area contributed by atoms with Gasteiger partial charge in [0, 0.05) is 27.6 Å². The smallest absolute Gasteiger partial charge is 0.262 e. The summed E-state index contributed by atoms with van der Waals surface area (Å²) in [4.78, 5) is 27.9. The zero-order chi connectivity index (χ0) is 29.9. The first-order valence-corrected chi connectivity index (χ1v) is 15.3. The van der Waals surface area contributed by atoms with Crippen LogP contribution in [0.2, 0.25) is 0 Å². The summed E-state index contributed by atoms with van der Waals surface area (Å²) < 4.78 is 44.9. The summed E-state index contributed by atoms with van der Waals surface area (Å²) in [7, 11) is -2.47. The molecular formula is C32H32N2O7S. The van der Waals surface area contributed by atoms with Gasteiger partial charge in [0.1, 0.15) is 17.2 Å². The summed E-state index contributed by atoms with van der Waals surface area (Å²) in [5, 5.41) is 1.69. The second-order valence-electron chi connectivity index (χ2n) is 9.75. The van der Waals surface area contributed by atoms with Crippen LogP contribution in [0.1, 0.15) is 40.9 Å². The highest BCUT2D eigenvalue weighted by Gasteiger charge is 2.36. The summed E-state index contributed by atoms with van der Waals surface area (Å²) in [6.45, 7) is 4.90. The van der Waals surface area contributed by atoms with Crippen molar-refractivity contribution >= 4 is 38.3 Å². The minimum atomic E-state index is -3.96. The van der Waals surface area contributed by atoms with E-state index in [0.717, 1.165) is 16.3 Å². The van der Waals surface area contributed by atoms with Crippen LogP contribution in [-0.4, -0.2) is 40.6 Å². The van der Waals surface area contributed by atoms with Crippen molar-refractivity contribution in [3.63, 3.8) is 0 Å². The number of hydrogen-bond donors (Lipinski definition) is 1. The number of amides is 2. The Morgan fingerprint density at radius 3 is 2.17 bits per heavy atom. The molecule has 0 saturated carbocycles. The summed E-state index contributed by atoms with van der Waals surface area (Å²) in [6, 6.07) is 21.3. The Hall–Kier alpha value is -4.57. The molecule has 0 spiro atoms. The number of nitrogens with zero attached hydrogens (tertiary/aromatic N) is 1. The average Bonchev–Trinajstić information content (AvgIpc) is 3.31. The number of ether oxygens (including phenoxy) is 3. The number of hydrogen-bond acceptors (Lipinski definition) is 7. The molecule has 0 saturated heterocycles. The van der Waals surface area contributed by atoms with E-state index in [1.54, 1.807) is 53.4 Å². The Bertz CT molecular complexity index is 1750. The lowest BCUT2D eigenvalue weighted by Crippen LogP contribution is -2.32.